The maximum Gasteiger partial charge on any atom is 0.165 e. The molecule has 176 valence electrons. The van der Waals surface area contributed by atoms with Gasteiger partial charge >= 0.3 is 0 Å². The average Bonchev–Trinajstić information content (AvgIpc) is 2.84. The van der Waals surface area contributed by atoms with E-state index < -0.39 is 11.6 Å². The zero-order chi connectivity index (χ0) is 24.5. The molecule has 4 aromatic rings. The second-order valence-corrected chi connectivity index (χ2v) is 8.36. The maximum atomic E-state index is 13.6. The summed E-state index contributed by atoms with van der Waals surface area (Å²) in [6.07, 6.45) is 0. The molecule has 0 spiro atoms. The fourth-order valence-corrected chi connectivity index (χ4v) is 3.08. The quantitative estimate of drug-likeness (QED) is 0.290. The molecule has 0 aromatic heterocycles. The summed E-state index contributed by atoms with van der Waals surface area (Å²) in [5.41, 5.74) is 5.37. The summed E-state index contributed by atoms with van der Waals surface area (Å²) in [5, 5.41) is 0. The molecule has 0 heterocycles. The molecular weight excluding hydrogens is 430 g/mol. The number of ether oxygens (including phenoxy) is 2. The van der Waals surface area contributed by atoms with Crippen molar-refractivity contribution in [1.82, 2.24) is 0 Å². The van der Waals surface area contributed by atoms with Crippen molar-refractivity contribution in [3.63, 3.8) is 0 Å². The number of aryl methyl sites for hydroxylation is 4. The van der Waals surface area contributed by atoms with E-state index in [2.05, 4.69) is 50.2 Å². The molecule has 4 aromatic carbocycles. The van der Waals surface area contributed by atoms with Crippen molar-refractivity contribution in [3.8, 4) is 11.5 Å². The topological polar surface area (TPSA) is 18.5 Å². The maximum absolute atomic E-state index is 13.6. The monoisotopic (exact) mass is 460 g/mol. The van der Waals surface area contributed by atoms with Crippen molar-refractivity contribution in [2.24, 2.45) is 0 Å². The first-order valence-corrected chi connectivity index (χ1v) is 11.2. The molecule has 0 atom stereocenters. The predicted octanol–water partition coefficient (Wildman–Crippen LogP) is 8.04. The van der Waals surface area contributed by atoms with Crippen LogP contribution in [-0.4, -0.2) is 0 Å². The fourth-order valence-electron chi connectivity index (χ4n) is 3.08. The van der Waals surface area contributed by atoms with Gasteiger partial charge in [-0.3, -0.25) is 0 Å². The summed E-state index contributed by atoms with van der Waals surface area (Å²) in [6.45, 7) is 8.31. The largest absolute Gasteiger partial charge is 0.489 e. The summed E-state index contributed by atoms with van der Waals surface area (Å²) in [5.74, 6) is -0.0747. The lowest BCUT2D eigenvalue weighted by molar-refractivity contribution is 0.297. The number of hydrogen-bond donors (Lipinski definition) is 0. The van der Waals surface area contributed by atoms with Crippen molar-refractivity contribution in [2.75, 3.05) is 0 Å². The van der Waals surface area contributed by atoms with Gasteiger partial charge in [-0.2, -0.15) is 0 Å². The van der Waals surface area contributed by atoms with E-state index in [1.54, 1.807) is 24.3 Å². The lowest BCUT2D eigenvalue weighted by atomic mass is 10.1. The molecule has 2 nitrogen and oxygen atoms in total. The van der Waals surface area contributed by atoms with Gasteiger partial charge in [0, 0.05) is 5.56 Å². The van der Waals surface area contributed by atoms with Gasteiger partial charge in [-0.05, 0) is 63.1 Å². The van der Waals surface area contributed by atoms with Gasteiger partial charge in [0.1, 0.15) is 24.7 Å². The molecule has 0 saturated heterocycles. The summed E-state index contributed by atoms with van der Waals surface area (Å²) >= 11 is 0. The summed E-state index contributed by atoms with van der Waals surface area (Å²) < 4.78 is 38.0. The van der Waals surface area contributed by atoms with Gasteiger partial charge in [0.2, 0.25) is 0 Å². The summed E-state index contributed by atoms with van der Waals surface area (Å²) in [6, 6.07) is 27.0. The summed E-state index contributed by atoms with van der Waals surface area (Å²) in [7, 11) is 0. The Morgan fingerprint density at radius 1 is 0.500 bits per heavy atom. The molecule has 4 heteroatoms. The smallest absolute Gasteiger partial charge is 0.165 e. The van der Waals surface area contributed by atoms with E-state index >= 15 is 0 Å². The van der Waals surface area contributed by atoms with Gasteiger partial charge in [0.05, 0.1) is 0 Å². The van der Waals surface area contributed by atoms with Crippen LogP contribution in [0.15, 0.2) is 84.9 Å². The fraction of sp³-hybridized carbons (Fsp3) is 0.200. The zero-order valence-corrected chi connectivity index (χ0v) is 20.1. The first kappa shape index (κ1) is 25.0. The highest BCUT2D eigenvalue weighted by molar-refractivity contribution is 5.29. The Labute approximate surface area is 200 Å². The van der Waals surface area contributed by atoms with Crippen LogP contribution in [0.3, 0.4) is 0 Å². The minimum Gasteiger partial charge on any atom is -0.489 e. The predicted molar refractivity (Wildman–Crippen MR) is 133 cm³/mol. The normalized spacial score (nSPS) is 10.3. The van der Waals surface area contributed by atoms with Crippen molar-refractivity contribution in [3.05, 3.63) is 130 Å². The molecular formula is C30H30F2O2. The van der Waals surface area contributed by atoms with Crippen LogP contribution in [0.4, 0.5) is 8.78 Å². The van der Waals surface area contributed by atoms with Crippen molar-refractivity contribution < 1.29 is 18.3 Å². The van der Waals surface area contributed by atoms with E-state index in [0.29, 0.717) is 17.9 Å². The molecule has 0 aliphatic heterocycles. The van der Waals surface area contributed by atoms with Crippen LogP contribution in [0.25, 0.3) is 0 Å². The van der Waals surface area contributed by atoms with E-state index in [0.717, 1.165) is 11.3 Å². The minimum atomic E-state index is -0.831. The zero-order valence-electron chi connectivity index (χ0n) is 20.1. The molecule has 0 N–H and O–H groups in total. The molecule has 4 rings (SSSR count). The number of hydrogen-bond acceptors (Lipinski definition) is 2. The minimum absolute atomic E-state index is 0.0199. The molecule has 0 unspecified atom stereocenters. The number of rotatable bonds is 6. The number of halogens is 2. The van der Waals surface area contributed by atoms with Gasteiger partial charge in [-0.15, -0.1) is 0 Å². The van der Waals surface area contributed by atoms with Crippen LogP contribution in [-0.2, 0) is 13.2 Å². The lowest BCUT2D eigenvalue weighted by Gasteiger charge is -2.08. The van der Waals surface area contributed by atoms with Crippen LogP contribution >= 0.6 is 0 Å². The van der Waals surface area contributed by atoms with Gasteiger partial charge in [-0.25, -0.2) is 8.78 Å². The highest BCUT2D eigenvalue weighted by Crippen LogP contribution is 2.19. The Hall–Kier alpha value is -3.66. The van der Waals surface area contributed by atoms with Gasteiger partial charge in [0.25, 0.3) is 0 Å². The first-order chi connectivity index (χ1) is 16.3. The molecule has 0 bridgehead atoms. The van der Waals surface area contributed by atoms with Crippen LogP contribution in [0.1, 0.15) is 33.4 Å². The second-order valence-electron chi connectivity index (χ2n) is 8.36. The molecule has 0 amide bonds. The standard InChI is InChI=1S/C15H14F2O.C15H16O/c1-10-3-7-13(8-4-10)18-9-12-6-5-11(2)14(16)15(12)17;1-12-3-7-14(8-4-12)11-16-15-9-5-13(2)6-10-15/h3-8H,9H2,1-2H3;3-10H,11H2,1-2H3. The molecule has 0 aliphatic carbocycles. The molecule has 0 saturated carbocycles. The van der Waals surface area contributed by atoms with Crippen LogP contribution in [0.2, 0.25) is 0 Å². The van der Waals surface area contributed by atoms with Crippen molar-refractivity contribution in [1.29, 1.82) is 0 Å². The van der Waals surface area contributed by atoms with E-state index in [9.17, 15) is 8.78 Å². The molecule has 0 aliphatic rings. The van der Waals surface area contributed by atoms with E-state index in [4.69, 9.17) is 9.47 Å². The first-order valence-electron chi connectivity index (χ1n) is 11.2. The highest BCUT2D eigenvalue weighted by Gasteiger charge is 2.11. The van der Waals surface area contributed by atoms with E-state index in [1.807, 2.05) is 31.2 Å². The molecule has 0 radical (unpaired) electrons. The van der Waals surface area contributed by atoms with E-state index in [1.165, 1.54) is 23.6 Å². The third kappa shape index (κ3) is 7.45. The second kappa shape index (κ2) is 12.0. The lowest BCUT2D eigenvalue weighted by Crippen LogP contribution is -2.01. The van der Waals surface area contributed by atoms with Crippen LogP contribution < -0.4 is 9.47 Å². The average molecular weight is 461 g/mol. The van der Waals surface area contributed by atoms with Gasteiger partial charge < -0.3 is 9.47 Å². The van der Waals surface area contributed by atoms with Crippen LogP contribution in [0.5, 0.6) is 11.5 Å². The number of benzene rings is 4. The SMILES string of the molecule is Cc1ccc(COc2ccc(C)cc2)cc1.Cc1ccc(OCc2ccc(C)c(F)c2F)cc1. The summed E-state index contributed by atoms with van der Waals surface area (Å²) in [4.78, 5) is 0. The Kier molecular flexibility index (Phi) is 8.80. The Morgan fingerprint density at radius 3 is 1.44 bits per heavy atom. The molecule has 0 fully saturated rings. The van der Waals surface area contributed by atoms with Gasteiger partial charge in [-0.1, -0.05) is 77.4 Å². The van der Waals surface area contributed by atoms with Crippen molar-refractivity contribution in [2.45, 2.75) is 40.9 Å². The van der Waals surface area contributed by atoms with Gasteiger partial charge in [0.15, 0.2) is 11.6 Å². The third-order valence-corrected chi connectivity index (χ3v) is 5.32. The Morgan fingerprint density at radius 2 is 0.941 bits per heavy atom. The Bertz CT molecular complexity index is 1140. The Balaban J connectivity index is 0.000000192. The third-order valence-electron chi connectivity index (χ3n) is 5.32. The van der Waals surface area contributed by atoms with Crippen molar-refractivity contribution >= 4 is 0 Å². The van der Waals surface area contributed by atoms with E-state index in [-0.39, 0.29) is 12.2 Å². The molecule has 34 heavy (non-hydrogen) atoms. The highest BCUT2D eigenvalue weighted by atomic mass is 19.2. The van der Waals surface area contributed by atoms with Crippen LogP contribution in [0, 0.1) is 39.3 Å².